The van der Waals surface area contributed by atoms with E-state index in [-0.39, 0.29) is 12.6 Å². The molecule has 1 unspecified atom stereocenters. The largest absolute Gasteiger partial charge is 0.390 e. The predicted octanol–water partition coefficient (Wildman–Crippen LogP) is 2.39. The van der Waals surface area contributed by atoms with Crippen LogP contribution in [0.3, 0.4) is 0 Å². The highest BCUT2D eigenvalue weighted by Crippen LogP contribution is 2.19. The van der Waals surface area contributed by atoms with Crippen LogP contribution in [0.5, 0.6) is 0 Å². The summed E-state index contributed by atoms with van der Waals surface area (Å²) in [4.78, 5) is 1.68. The summed E-state index contributed by atoms with van der Waals surface area (Å²) in [6.45, 7) is 2.74. The van der Waals surface area contributed by atoms with Crippen LogP contribution in [0.2, 0.25) is 0 Å². The fourth-order valence-electron chi connectivity index (χ4n) is 1.33. The molecule has 0 saturated heterocycles. The molecule has 0 aliphatic rings. The fourth-order valence-corrected chi connectivity index (χ4v) is 1.33. The second-order valence-corrected chi connectivity index (χ2v) is 4.01. The first kappa shape index (κ1) is 14.7. The first-order chi connectivity index (χ1) is 6.85. The third-order valence-corrected chi connectivity index (χ3v) is 2.32. The Kier molecular flexibility index (Phi) is 6.92. The van der Waals surface area contributed by atoms with Crippen LogP contribution in [0.4, 0.5) is 13.2 Å². The molecule has 0 aliphatic heterocycles. The number of hydrogen-bond donors (Lipinski definition) is 1. The second-order valence-electron chi connectivity index (χ2n) is 4.01. The fraction of sp³-hybridized carbons (Fsp3) is 1.00. The Morgan fingerprint density at radius 1 is 1.20 bits per heavy atom. The molecule has 2 nitrogen and oxygen atoms in total. The Bertz CT molecular complexity index is 159. The van der Waals surface area contributed by atoms with Crippen LogP contribution >= 0.6 is 0 Å². The van der Waals surface area contributed by atoms with E-state index >= 15 is 0 Å². The lowest BCUT2D eigenvalue weighted by atomic mass is 10.1. The van der Waals surface area contributed by atoms with Gasteiger partial charge in [-0.25, -0.2) is 0 Å². The third kappa shape index (κ3) is 10.0. The van der Waals surface area contributed by atoms with Gasteiger partial charge in [0, 0.05) is 12.6 Å². The van der Waals surface area contributed by atoms with Gasteiger partial charge in [-0.1, -0.05) is 13.3 Å². The van der Waals surface area contributed by atoms with E-state index in [0.717, 1.165) is 19.3 Å². The van der Waals surface area contributed by atoms with Crippen molar-refractivity contribution in [2.45, 2.75) is 44.8 Å². The van der Waals surface area contributed by atoms with Gasteiger partial charge in [-0.15, -0.1) is 0 Å². The van der Waals surface area contributed by atoms with Gasteiger partial charge in [-0.3, -0.25) is 0 Å². The van der Waals surface area contributed by atoms with Crippen LogP contribution in [0, 0.1) is 0 Å². The summed E-state index contributed by atoms with van der Waals surface area (Å²) in [5.41, 5.74) is 5.77. The molecule has 0 radical (unpaired) electrons. The quantitative estimate of drug-likeness (QED) is 0.722. The summed E-state index contributed by atoms with van der Waals surface area (Å²) in [6.07, 6.45) is -2.07. The molecule has 0 fully saturated rings. The Labute approximate surface area is 89.6 Å². The summed E-state index contributed by atoms with van der Waals surface area (Å²) in [5, 5.41) is 0. The number of alkyl halides is 3. The van der Waals surface area contributed by atoms with E-state index in [4.69, 9.17) is 5.73 Å². The SMILES string of the molecule is CCCC(N)CCN(C)CCC(F)(F)F. The average molecular weight is 226 g/mol. The minimum absolute atomic E-state index is 0.0579. The zero-order chi connectivity index (χ0) is 11.9. The highest BCUT2D eigenvalue weighted by molar-refractivity contribution is 4.64. The Morgan fingerprint density at radius 2 is 1.80 bits per heavy atom. The molecule has 0 aliphatic carbocycles. The summed E-state index contributed by atoms with van der Waals surface area (Å²) >= 11 is 0. The van der Waals surface area contributed by atoms with Crippen LogP contribution in [-0.2, 0) is 0 Å². The molecule has 0 rings (SSSR count). The Balaban J connectivity index is 3.53. The van der Waals surface area contributed by atoms with E-state index in [9.17, 15) is 13.2 Å². The van der Waals surface area contributed by atoms with Crippen molar-refractivity contribution < 1.29 is 13.2 Å². The van der Waals surface area contributed by atoms with Gasteiger partial charge in [0.2, 0.25) is 0 Å². The molecule has 15 heavy (non-hydrogen) atoms. The van der Waals surface area contributed by atoms with Gasteiger partial charge >= 0.3 is 6.18 Å². The van der Waals surface area contributed by atoms with E-state index < -0.39 is 12.6 Å². The van der Waals surface area contributed by atoms with Gasteiger partial charge in [0.15, 0.2) is 0 Å². The molecule has 0 spiro atoms. The van der Waals surface area contributed by atoms with Crippen molar-refractivity contribution in [2.24, 2.45) is 5.73 Å². The van der Waals surface area contributed by atoms with Gasteiger partial charge < -0.3 is 10.6 Å². The third-order valence-electron chi connectivity index (χ3n) is 2.32. The van der Waals surface area contributed by atoms with Crippen LogP contribution in [-0.4, -0.2) is 37.3 Å². The molecular formula is C10H21F3N2. The molecule has 1 atom stereocenters. The lowest BCUT2D eigenvalue weighted by Crippen LogP contribution is -2.30. The molecule has 0 aromatic carbocycles. The van der Waals surface area contributed by atoms with Gasteiger partial charge in [0.05, 0.1) is 6.42 Å². The van der Waals surface area contributed by atoms with Crippen molar-refractivity contribution >= 4 is 0 Å². The summed E-state index contributed by atoms with van der Waals surface area (Å²) in [6, 6.07) is 0.114. The van der Waals surface area contributed by atoms with Gasteiger partial charge in [-0.05, 0) is 26.4 Å². The van der Waals surface area contributed by atoms with Crippen LogP contribution in [0.25, 0.3) is 0 Å². The molecular weight excluding hydrogens is 205 g/mol. The van der Waals surface area contributed by atoms with E-state index in [2.05, 4.69) is 0 Å². The van der Waals surface area contributed by atoms with Crippen molar-refractivity contribution in [1.29, 1.82) is 0 Å². The topological polar surface area (TPSA) is 29.3 Å². The molecule has 0 amide bonds. The Morgan fingerprint density at radius 3 is 2.27 bits per heavy atom. The van der Waals surface area contributed by atoms with Crippen molar-refractivity contribution in [3.8, 4) is 0 Å². The van der Waals surface area contributed by atoms with Crippen molar-refractivity contribution in [1.82, 2.24) is 4.90 Å². The monoisotopic (exact) mass is 226 g/mol. The molecule has 92 valence electrons. The van der Waals surface area contributed by atoms with E-state index in [1.807, 2.05) is 6.92 Å². The zero-order valence-electron chi connectivity index (χ0n) is 9.48. The minimum atomic E-state index is -4.06. The van der Waals surface area contributed by atoms with Gasteiger partial charge in [0.25, 0.3) is 0 Å². The molecule has 0 aromatic heterocycles. The Hall–Kier alpha value is -0.290. The second kappa shape index (κ2) is 7.06. The van der Waals surface area contributed by atoms with Gasteiger partial charge in [-0.2, -0.15) is 13.2 Å². The van der Waals surface area contributed by atoms with E-state index in [1.54, 1.807) is 11.9 Å². The molecule has 5 heteroatoms. The maximum absolute atomic E-state index is 11.9. The first-order valence-corrected chi connectivity index (χ1v) is 5.36. The normalized spacial score (nSPS) is 14.6. The maximum Gasteiger partial charge on any atom is 0.390 e. The molecule has 2 N–H and O–H groups in total. The molecule has 0 heterocycles. The number of hydrogen-bond acceptors (Lipinski definition) is 2. The maximum atomic E-state index is 11.9. The average Bonchev–Trinajstić information content (AvgIpc) is 2.11. The number of rotatable bonds is 7. The number of halogens is 3. The van der Waals surface area contributed by atoms with E-state index in [0.29, 0.717) is 6.54 Å². The molecule has 0 saturated carbocycles. The summed E-state index contributed by atoms with van der Waals surface area (Å²) in [7, 11) is 1.70. The van der Waals surface area contributed by atoms with Crippen LogP contribution in [0.1, 0.15) is 32.6 Å². The summed E-state index contributed by atoms with van der Waals surface area (Å²) in [5.74, 6) is 0. The predicted molar refractivity (Wildman–Crippen MR) is 55.7 cm³/mol. The first-order valence-electron chi connectivity index (χ1n) is 5.36. The van der Waals surface area contributed by atoms with Crippen molar-refractivity contribution in [2.75, 3.05) is 20.1 Å². The highest BCUT2D eigenvalue weighted by atomic mass is 19.4. The van der Waals surface area contributed by atoms with Crippen LogP contribution < -0.4 is 5.73 Å². The van der Waals surface area contributed by atoms with Crippen molar-refractivity contribution in [3.63, 3.8) is 0 Å². The lowest BCUT2D eigenvalue weighted by Gasteiger charge is -2.19. The number of nitrogens with zero attached hydrogens (tertiary/aromatic N) is 1. The standard InChI is InChI=1S/C10H21F3N2/c1-3-4-9(14)5-7-15(2)8-6-10(11,12)13/h9H,3-8,14H2,1-2H3. The lowest BCUT2D eigenvalue weighted by molar-refractivity contribution is -0.137. The summed E-state index contributed by atoms with van der Waals surface area (Å²) < 4.78 is 35.7. The van der Waals surface area contributed by atoms with E-state index in [1.165, 1.54) is 0 Å². The smallest absolute Gasteiger partial charge is 0.328 e. The van der Waals surface area contributed by atoms with Crippen molar-refractivity contribution in [3.05, 3.63) is 0 Å². The highest BCUT2D eigenvalue weighted by Gasteiger charge is 2.26. The number of nitrogens with two attached hydrogens (primary N) is 1. The van der Waals surface area contributed by atoms with Crippen LogP contribution in [0.15, 0.2) is 0 Å². The zero-order valence-corrected chi connectivity index (χ0v) is 9.48. The molecule has 0 aromatic rings. The van der Waals surface area contributed by atoms with Gasteiger partial charge in [0.1, 0.15) is 0 Å². The minimum Gasteiger partial charge on any atom is -0.328 e. The molecule has 0 bridgehead atoms.